The maximum atomic E-state index is 9.99. The number of aryl methyl sites for hydroxylation is 2. The molecule has 0 aliphatic rings. The van der Waals surface area contributed by atoms with Gasteiger partial charge in [-0.1, -0.05) is 35.9 Å². The minimum Gasteiger partial charge on any atom is -0.299 e. The fourth-order valence-corrected chi connectivity index (χ4v) is 1.33. The van der Waals surface area contributed by atoms with Crippen LogP contribution in [0.1, 0.15) is 24.0 Å². The van der Waals surface area contributed by atoms with E-state index in [0.717, 1.165) is 25.5 Å². The van der Waals surface area contributed by atoms with Crippen LogP contribution in [0.5, 0.6) is 0 Å². The van der Waals surface area contributed by atoms with Crippen LogP contribution in [-0.2, 0) is 11.2 Å². The van der Waals surface area contributed by atoms with Gasteiger partial charge < -0.3 is 0 Å². The Balaban J connectivity index is 2.28. The summed E-state index contributed by atoms with van der Waals surface area (Å²) in [6, 6.07) is 8.60. The molecular weight excluding hydrogens is 172 g/mol. The maximum Gasteiger partial charge on any atom is 0.142 e. The first-order chi connectivity index (χ1) is 6.83. The van der Waals surface area contributed by atoms with Crippen LogP contribution in [0.3, 0.4) is 0 Å². The van der Waals surface area contributed by atoms with Crippen LogP contribution < -0.4 is 0 Å². The van der Waals surface area contributed by atoms with Crippen LogP contribution in [0.2, 0.25) is 0 Å². The van der Waals surface area contributed by atoms with Gasteiger partial charge in [0.2, 0.25) is 0 Å². The lowest BCUT2D eigenvalue weighted by Gasteiger charge is -1.99. The molecule has 14 heavy (non-hydrogen) atoms. The Kier molecular flexibility index (Phi) is 4.70. The molecule has 0 heterocycles. The van der Waals surface area contributed by atoms with Gasteiger partial charge in [0.25, 0.3) is 0 Å². The summed E-state index contributed by atoms with van der Waals surface area (Å²) in [6.45, 7) is 2.09. The van der Waals surface area contributed by atoms with Gasteiger partial charge in [-0.15, -0.1) is 0 Å². The largest absolute Gasteiger partial charge is 0.299 e. The van der Waals surface area contributed by atoms with Gasteiger partial charge in [-0.2, -0.15) is 0 Å². The lowest BCUT2D eigenvalue weighted by Crippen LogP contribution is -1.84. The lowest BCUT2D eigenvalue weighted by atomic mass is 10.1. The summed E-state index contributed by atoms with van der Waals surface area (Å²) in [5.74, 6) is 0. The molecule has 0 spiro atoms. The topological polar surface area (TPSA) is 17.1 Å². The molecule has 0 fully saturated rings. The van der Waals surface area contributed by atoms with Crippen LogP contribution in [0.4, 0.5) is 0 Å². The van der Waals surface area contributed by atoms with Crippen molar-refractivity contribution < 1.29 is 4.79 Å². The highest BCUT2D eigenvalue weighted by Gasteiger charge is 1.91. The van der Waals surface area contributed by atoms with E-state index < -0.39 is 0 Å². The normalized spacial score (nSPS) is 10.6. The predicted molar refractivity (Wildman–Crippen MR) is 59.3 cm³/mol. The molecule has 74 valence electrons. The Morgan fingerprint density at radius 3 is 2.57 bits per heavy atom. The smallest absolute Gasteiger partial charge is 0.142 e. The fraction of sp³-hybridized carbons (Fsp3) is 0.308. The molecule has 1 aromatic carbocycles. The summed E-state index contributed by atoms with van der Waals surface area (Å²) >= 11 is 0. The molecule has 0 aliphatic heterocycles. The minimum atomic E-state index is 0.825. The third kappa shape index (κ3) is 4.04. The van der Waals surface area contributed by atoms with Crippen molar-refractivity contribution in [3.8, 4) is 0 Å². The Hall–Kier alpha value is -1.37. The van der Waals surface area contributed by atoms with Crippen LogP contribution in [0.25, 0.3) is 0 Å². The molecule has 0 saturated heterocycles. The van der Waals surface area contributed by atoms with Crippen molar-refractivity contribution in [2.24, 2.45) is 0 Å². The SMILES string of the molecule is Cc1ccc(CCCC=CC=O)cc1. The van der Waals surface area contributed by atoms with E-state index in [4.69, 9.17) is 0 Å². The second-order valence-corrected chi connectivity index (χ2v) is 3.44. The average Bonchev–Trinajstić information content (AvgIpc) is 2.21. The van der Waals surface area contributed by atoms with Gasteiger partial charge >= 0.3 is 0 Å². The second kappa shape index (κ2) is 6.14. The first-order valence-corrected chi connectivity index (χ1v) is 4.99. The van der Waals surface area contributed by atoms with E-state index in [2.05, 4.69) is 31.2 Å². The molecule has 0 N–H and O–H groups in total. The number of benzene rings is 1. The monoisotopic (exact) mass is 188 g/mol. The molecule has 1 aromatic rings. The second-order valence-electron chi connectivity index (χ2n) is 3.44. The maximum absolute atomic E-state index is 9.99. The zero-order valence-corrected chi connectivity index (χ0v) is 8.57. The van der Waals surface area contributed by atoms with E-state index >= 15 is 0 Å². The summed E-state index contributed by atoms with van der Waals surface area (Å²) in [6.07, 6.45) is 7.48. The molecule has 0 radical (unpaired) electrons. The Labute approximate surface area is 85.5 Å². The van der Waals surface area contributed by atoms with Crippen molar-refractivity contribution in [2.75, 3.05) is 0 Å². The molecule has 0 bridgehead atoms. The number of hydrogen-bond acceptors (Lipinski definition) is 1. The Morgan fingerprint density at radius 2 is 1.93 bits per heavy atom. The number of rotatable bonds is 5. The Bertz CT molecular complexity index is 296. The molecule has 0 aromatic heterocycles. The van der Waals surface area contributed by atoms with Crippen molar-refractivity contribution >= 4 is 6.29 Å². The van der Waals surface area contributed by atoms with Gasteiger partial charge in [0, 0.05) is 0 Å². The summed E-state index contributed by atoms with van der Waals surface area (Å²) < 4.78 is 0. The molecule has 1 nitrogen and oxygen atoms in total. The molecule has 1 rings (SSSR count). The number of aldehydes is 1. The molecule has 0 aliphatic carbocycles. The van der Waals surface area contributed by atoms with Crippen molar-refractivity contribution in [1.82, 2.24) is 0 Å². The Morgan fingerprint density at radius 1 is 1.21 bits per heavy atom. The molecule has 0 unspecified atom stereocenters. The van der Waals surface area contributed by atoms with Gasteiger partial charge in [0.1, 0.15) is 6.29 Å². The number of unbranched alkanes of at least 4 members (excludes halogenated alkanes) is 1. The number of allylic oxidation sites excluding steroid dienone is 2. The average molecular weight is 188 g/mol. The van der Waals surface area contributed by atoms with E-state index in [1.54, 1.807) is 6.08 Å². The highest BCUT2D eigenvalue weighted by molar-refractivity contribution is 5.64. The number of carbonyl (C=O) groups is 1. The predicted octanol–water partition coefficient (Wildman–Crippen LogP) is 3.07. The summed E-state index contributed by atoms with van der Waals surface area (Å²) in [4.78, 5) is 9.99. The van der Waals surface area contributed by atoms with Crippen molar-refractivity contribution in [3.63, 3.8) is 0 Å². The first-order valence-electron chi connectivity index (χ1n) is 4.99. The minimum absolute atomic E-state index is 0.825. The third-order valence-corrected chi connectivity index (χ3v) is 2.17. The van der Waals surface area contributed by atoms with Crippen molar-refractivity contribution in [3.05, 3.63) is 47.5 Å². The quantitative estimate of drug-likeness (QED) is 0.394. The molecule has 0 amide bonds. The van der Waals surface area contributed by atoms with E-state index in [-0.39, 0.29) is 0 Å². The van der Waals surface area contributed by atoms with Crippen LogP contribution >= 0.6 is 0 Å². The highest BCUT2D eigenvalue weighted by Crippen LogP contribution is 2.07. The van der Waals surface area contributed by atoms with E-state index in [1.807, 2.05) is 6.08 Å². The van der Waals surface area contributed by atoms with E-state index in [9.17, 15) is 4.79 Å². The van der Waals surface area contributed by atoms with E-state index in [1.165, 1.54) is 11.1 Å². The first kappa shape index (κ1) is 10.7. The summed E-state index contributed by atoms with van der Waals surface area (Å²) in [5, 5.41) is 0. The van der Waals surface area contributed by atoms with Gasteiger partial charge in [-0.05, 0) is 37.8 Å². The zero-order valence-electron chi connectivity index (χ0n) is 8.57. The summed E-state index contributed by atoms with van der Waals surface area (Å²) in [7, 11) is 0. The molecule has 1 heteroatoms. The van der Waals surface area contributed by atoms with Crippen molar-refractivity contribution in [1.29, 1.82) is 0 Å². The lowest BCUT2D eigenvalue weighted by molar-refractivity contribution is -0.104. The molecule has 0 saturated carbocycles. The fourth-order valence-electron chi connectivity index (χ4n) is 1.33. The van der Waals surface area contributed by atoms with Gasteiger partial charge in [-0.3, -0.25) is 4.79 Å². The third-order valence-electron chi connectivity index (χ3n) is 2.17. The molecule has 0 atom stereocenters. The van der Waals surface area contributed by atoms with Gasteiger partial charge in [0.05, 0.1) is 0 Å². The summed E-state index contributed by atoms with van der Waals surface area (Å²) in [5.41, 5.74) is 2.67. The van der Waals surface area contributed by atoms with Crippen molar-refractivity contribution in [2.45, 2.75) is 26.2 Å². The highest BCUT2D eigenvalue weighted by atomic mass is 16.1. The van der Waals surface area contributed by atoms with Crippen LogP contribution in [-0.4, -0.2) is 6.29 Å². The zero-order chi connectivity index (χ0) is 10.2. The van der Waals surface area contributed by atoms with Crippen LogP contribution in [0.15, 0.2) is 36.4 Å². The van der Waals surface area contributed by atoms with E-state index in [0.29, 0.717) is 0 Å². The van der Waals surface area contributed by atoms with Gasteiger partial charge in [-0.25, -0.2) is 0 Å². The van der Waals surface area contributed by atoms with Gasteiger partial charge in [0.15, 0.2) is 0 Å². The molecular formula is C13H16O. The number of hydrogen-bond donors (Lipinski definition) is 0. The number of carbonyl (C=O) groups excluding carboxylic acids is 1. The standard InChI is InChI=1S/C13H16O/c1-12-7-9-13(10-8-12)6-4-2-3-5-11-14/h3,5,7-11H,2,4,6H2,1H3. The van der Waals surface area contributed by atoms with Crippen LogP contribution in [0, 0.1) is 6.92 Å².